The van der Waals surface area contributed by atoms with E-state index in [4.69, 9.17) is 0 Å². The van der Waals surface area contributed by atoms with E-state index in [1.807, 2.05) is 0 Å². The first-order chi connectivity index (χ1) is 11.4. The summed E-state index contributed by atoms with van der Waals surface area (Å²) >= 11 is 0.874. The summed E-state index contributed by atoms with van der Waals surface area (Å²) in [5, 5.41) is 28.3. The molecule has 0 unspecified atom stereocenters. The zero-order chi connectivity index (χ0) is 17.7. The third-order valence-corrected chi connectivity index (χ3v) is 3.67. The van der Waals surface area contributed by atoms with Crippen LogP contribution >= 0.6 is 11.8 Å². The molecule has 1 amide bonds. The lowest BCUT2D eigenvalue weighted by Crippen LogP contribution is -2.33. The Kier molecular flexibility index (Phi) is 5.85. The first-order valence-corrected chi connectivity index (χ1v) is 7.28. The van der Waals surface area contributed by atoms with Crippen molar-refractivity contribution in [1.82, 2.24) is 5.32 Å². The third-order valence-electron chi connectivity index (χ3n) is 2.77. The van der Waals surface area contributed by atoms with Gasteiger partial charge in [0.25, 0.3) is 5.91 Å². The van der Waals surface area contributed by atoms with Crippen LogP contribution in [0.4, 0.5) is 4.39 Å². The molecule has 1 saturated heterocycles. The topological polar surface area (TPSA) is 121 Å². The van der Waals surface area contributed by atoms with Crippen LogP contribution in [0.15, 0.2) is 39.4 Å². The van der Waals surface area contributed by atoms with Gasteiger partial charge in [0.2, 0.25) is 0 Å². The monoisotopic (exact) mass is 351 g/mol. The van der Waals surface area contributed by atoms with Gasteiger partial charge in [-0.25, -0.2) is 9.18 Å². The van der Waals surface area contributed by atoms with Crippen LogP contribution in [0.2, 0.25) is 0 Å². The molecule has 0 aliphatic carbocycles. The van der Waals surface area contributed by atoms with E-state index >= 15 is 0 Å². The SMILES string of the molecule is COC(=O)/C=C1/S/C(=N\N=Cc2cc(F)ccc2B(O)O)NC1=O. The number of thioether (sulfide) groups is 1. The number of amides is 1. The third kappa shape index (κ3) is 4.50. The predicted molar refractivity (Wildman–Crippen MR) is 87.1 cm³/mol. The second kappa shape index (κ2) is 7.86. The highest BCUT2D eigenvalue weighted by atomic mass is 32.2. The van der Waals surface area contributed by atoms with Gasteiger partial charge >= 0.3 is 13.1 Å². The van der Waals surface area contributed by atoms with Crippen molar-refractivity contribution in [3.05, 3.63) is 40.6 Å². The van der Waals surface area contributed by atoms with Crippen LogP contribution in [0.1, 0.15) is 5.56 Å². The molecule has 0 saturated carbocycles. The standard InChI is InChI=1S/C13H11BFN3O5S/c1-23-11(19)5-10-12(20)17-13(24-10)18-16-6-7-4-8(15)2-3-9(7)14(21)22/h2-6,21-22H,1H3,(H,17,18,20)/b10-5+,16-6?. The Morgan fingerprint density at radius 1 is 1.46 bits per heavy atom. The number of carbonyl (C=O) groups excluding carboxylic acids is 2. The van der Waals surface area contributed by atoms with Crippen LogP contribution in [0, 0.1) is 5.82 Å². The van der Waals surface area contributed by atoms with Crippen molar-refractivity contribution in [1.29, 1.82) is 0 Å². The summed E-state index contributed by atoms with van der Waals surface area (Å²) in [4.78, 5) is 22.8. The lowest BCUT2D eigenvalue weighted by molar-refractivity contribution is -0.135. The summed E-state index contributed by atoms with van der Waals surface area (Å²) in [7, 11) is -0.614. The number of esters is 1. The number of hydrogen-bond acceptors (Lipinski definition) is 8. The molecular weight excluding hydrogens is 340 g/mol. The Morgan fingerprint density at radius 3 is 2.88 bits per heavy atom. The Bertz CT molecular complexity index is 766. The minimum Gasteiger partial charge on any atom is -0.466 e. The minimum absolute atomic E-state index is 0.0507. The molecule has 1 aromatic rings. The van der Waals surface area contributed by atoms with Crippen LogP contribution in [0.3, 0.4) is 0 Å². The van der Waals surface area contributed by atoms with Gasteiger partial charge in [-0.1, -0.05) is 6.07 Å². The van der Waals surface area contributed by atoms with Gasteiger partial charge in [-0.15, -0.1) is 5.10 Å². The number of hydrogen-bond donors (Lipinski definition) is 3. The fraction of sp³-hybridized carbons (Fsp3) is 0.0769. The summed E-state index contributed by atoms with van der Waals surface area (Å²) in [5.41, 5.74) is 0.170. The molecule has 24 heavy (non-hydrogen) atoms. The average molecular weight is 351 g/mol. The average Bonchev–Trinajstić information content (AvgIpc) is 2.86. The van der Waals surface area contributed by atoms with Gasteiger partial charge < -0.3 is 14.8 Å². The molecular formula is C13H11BFN3O5S. The molecule has 0 bridgehead atoms. The second-order valence-electron chi connectivity index (χ2n) is 4.38. The predicted octanol–water partition coefficient (Wildman–Crippen LogP) is -0.885. The van der Waals surface area contributed by atoms with Crippen molar-refractivity contribution >= 4 is 47.6 Å². The second-order valence-corrected chi connectivity index (χ2v) is 5.42. The van der Waals surface area contributed by atoms with Gasteiger partial charge in [0, 0.05) is 6.08 Å². The van der Waals surface area contributed by atoms with Crippen molar-refractivity contribution in [2.75, 3.05) is 7.11 Å². The number of carbonyl (C=O) groups is 2. The lowest BCUT2D eigenvalue weighted by Gasteiger charge is -2.03. The molecule has 8 nitrogen and oxygen atoms in total. The maximum absolute atomic E-state index is 13.2. The number of rotatable bonds is 4. The number of ether oxygens (including phenoxy) is 1. The molecule has 0 spiro atoms. The van der Waals surface area contributed by atoms with Gasteiger partial charge in [-0.3, -0.25) is 10.1 Å². The van der Waals surface area contributed by atoms with Crippen molar-refractivity contribution in [2.45, 2.75) is 0 Å². The van der Waals surface area contributed by atoms with Gasteiger partial charge in [0.15, 0.2) is 5.17 Å². The molecule has 124 valence electrons. The van der Waals surface area contributed by atoms with E-state index in [2.05, 4.69) is 20.3 Å². The van der Waals surface area contributed by atoms with Gasteiger partial charge in [0.1, 0.15) is 5.82 Å². The largest absolute Gasteiger partial charge is 0.489 e. The number of benzene rings is 1. The zero-order valence-corrected chi connectivity index (χ0v) is 13.1. The maximum Gasteiger partial charge on any atom is 0.489 e. The molecule has 0 radical (unpaired) electrons. The molecule has 0 aromatic heterocycles. The molecule has 0 atom stereocenters. The van der Waals surface area contributed by atoms with Crippen LogP contribution in [-0.2, 0) is 14.3 Å². The Balaban J connectivity index is 2.16. The van der Waals surface area contributed by atoms with Gasteiger partial charge in [-0.05, 0) is 34.9 Å². The van der Waals surface area contributed by atoms with Crippen LogP contribution in [0.5, 0.6) is 0 Å². The van der Waals surface area contributed by atoms with E-state index in [1.54, 1.807) is 0 Å². The van der Waals surface area contributed by atoms with Crippen molar-refractivity contribution in [3.8, 4) is 0 Å². The molecule has 2 rings (SSSR count). The Hall–Kier alpha value is -2.50. The van der Waals surface area contributed by atoms with E-state index in [9.17, 15) is 24.0 Å². The Labute approximate surface area is 140 Å². The number of halogens is 1. The van der Waals surface area contributed by atoms with E-state index in [-0.39, 0.29) is 21.1 Å². The van der Waals surface area contributed by atoms with Gasteiger partial charge in [0.05, 0.1) is 18.2 Å². The Morgan fingerprint density at radius 2 is 2.21 bits per heavy atom. The highest BCUT2D eigenvalue weighted by molar-refractivity contribution is 8.18. The van der Waals surface area contributed by atoms with Crippen LogP contribution in [0.25, 0.3) is 0 Å². The summed E-state index contributed by atoms with van der Waals surface area (Å²) in [6.07, 6.45) is 2.12. The lowest BCUT2D eigenvalue weighted by atomic mass is 9.77. The van der Waals surface area contributed by atoms with Gasteiger partial charge in [-0.2, -0.15) is 5.10 Å². The number of nitrogens with zero attached hydrogens (tertiary/aromatic N) is 2. The molecule has 1 fully saturated rings. The number of amidine groups is 1. The van der Waals surface area contributed by atoms with Crippen molar-refractivity contribution < 1.29 is 28.8 Å². The molecule has 1 aliphatic rings. The summed E-state index contributed by atoms with van der Waals surface area (Å²) in [6, 6.07) is 3.34. The summed E-state index contributed by atoms with van der Waals surface area (Å²) in [5.74, 6) is -1.80. The smallest absolute Gasteiger partial charge is 0.466 e. The van der Waals surface area contributed by atoms with Crippen molar-refractivity contribution in [2.24, 2.45) is 10.2 Å². The molecule has 1 heterocycles. The van der Waals surface area contributed by atoms with E-state index in [0.29, 0.717) is 0 Å². The quantitative estimate of drug-likeness (QED) is 0.213. The summed E-state index contributed by atoms with van der Waals surface area (Å²) in [6.45, 7) is 0. The minimum atomic E-state index is -1.80. The van der Waals surface area contributed by atoms with E-state index in [0.717, 1.165) is 36.2 Å². The number of nitrogens with one attached hydrogen (secondary N) is 1. The molecule has 1 aliphatic heterocycles. The highest BCUT2D eigenvalue weighted by Crippen LogP contribution is 2.23. The molecule has 11 heteroatoms. The van der Waals surface area contributed by atoms with Crippen molar-refractivity contribution in [3.63, 3.8) is 0 Å². The van der Waals surface area contributed by atoms with Crippen LogP contribution < -0.4 is 10.8 Å². The first kappa shape index (κ1) is 17.9. The normalized spacial score (nSPS) is 17.6. The number of methoxy groups -OCH3 is 1. The molecule has 1 aromatic carbocycles. The zero-order valence-electron chi connectivity index (χ0n) is 12.3. The van der Waals surface area contributed by atoms with Crippen LogP contribution in [-0.4, -0.2) is 47.5 Å². The fourth-order valence-electron chi connectivity index (χ4n) is 1.68. The highest BCUT2D eigenvalue weighted by Gasteiger charge is 2.25. The maximum atomic E-state index is 13.2. The summed E-state index contributed by atoms with van der Waals surface area (Å²) < 4.78 is 17.6. The van der Waals surface area contributed by atoms with E-state index in [1.165, 1.54) is 13.2 Å². The molecule has 3 N–H and O–H groups in total. The fourth-order valence-corrected chi connectivity index (χ4v) is 2.42. The van der Waals surface area contributed by atoms with E-state index < -0.39 is 24.8 Å². The first-order valence-electron chi connectivity index (χ1n) is 6.46.